The Hall–Kier alpha value is -2.03. The number of aryl methyl sites for hydroxylation is 1. The van der Waals surface area contributed by atoms with E-state index in [9.17, 15) is 4.79 Å². The van der Waals surface area contributed by atoms with Crippen molar-refractivity contribution in [3.8, 4) is 11.4 Å². The molecule has 2 aromatic rings. The van der Waals surface area contributed by atoms with Gasteiger partial charge in [-0.2, -0.15) is 4.98 Å². The fourth-order valence-corrected chi connectivity index (χ4v) is 3.30. The summed E-state index contributed by atoms with van der Waals surface area (Å²) in [5.74, 6) is 0.912. The number of carbonyl (C=O) groups is 1. The van der Waals surface area contributed by atoms with Crippen molar-refractivity contribution < 1.29 is 4.79 Å². The summed E-state index contributed by atoms with van der Waals surface area (Å²) < 4.78 is 2.47. The van der Waals surface area contributed by atoms with E-state index in [4.69, 9.17) is 12.2 Å². The first-order valence-corrected chi connectivity index (χ1v) is 9.91. The molecule has 1 fully saturated rings. The number of nitrogens with one attached hydrogen (secondary N) is 2. The fraction of sp³-hybridized carbons (Fsp3) is 0.526. The molecule has 146 valence electrons. The summed E-state index contributed by atoms with van der Waals surface area (Å²) in [7, 11) is 0. The molecule has 27 heavy (non-hydrogen) atoms. The van der Waals surface area contributed by atoms with Crippen LogP contribution in [0.25, 0.3) is 11.4 Å². The van der Waals surface area contributed by atoms with E-state index in [0.717, 1.165) is 50.5 Å². The molecule has 0 saturated carbocycles. The normalized spacial score (nSPS) is 15.8. The van der Waals surface area contributed by atoms with Crippen molar-refractivity contribution in [3.63, 3.8) is 0 Å². The molecule has 2 N–H and O–H groups in total. The molecule has 0 spiro atoms. The highest BCUT2D eigenvalue weighted by Crippen LogP contribution is 2.15. The highest BCUT2D eigenvalue weighted by atomic mass is 32.1. The van der Waals surface area contributed by atoms with Crippen LogP contribution >= 0.6 is 12.2 Å². The van der Waals surface area contributed by atoms with Gasteiger partial charge in [-0.25, -0.2) is 4.68 Å². The number of amides is 1. The van der Waals surface area contributed by atoms with Crippen molar-refractivity contribution in [1.29, 1.82) is 0 Å². The summed E-state index contributed by atoms with van der Waals surface area (Å²) in [6.07, 6.45) is 0.967. The number of H-pyrrole nitrogens is 1. The lowest BCUT2D eigenvalue weighted by atomic mass is 10.1. The number of benzene rings is 1. The van der Waals surface area contributed by atoms with Crippen LogP contribution in [-0.2, 0) is 11.5 Å². The molecule has 8 heteroatoms. The topological polar surface area (TPSA) is 69.2 Å². The minimum Gasteiger partial charge on any atom is -0.355 e. The van der Waals surface area contributed by atoms with Crippen LogP contribution in [0, 0.1) is 11.7 Å². The maximum absolute atomic E-state index is 11.8. The van der Waals surface area contributed by atoms with Crippen LogP contribution in [0.2, 0.25) is 0 Å². The van der Waals surface area contributed by atoms with E-state index in [-0.39, 0.29) is 5.91 Å². The maximum atomic E-state index is 11.8. The van der Waals surface area contributed by atoms with Crippen molar-refractivity contribution in [2.45, 2.75) is 26.9 Å². The van der Waals surface area contributed by atoms with Crippen molar-refractivity contribution in [2.75, 3.05) is 39.3 Å². The predicted molar refractivity (Wildman–Crippen MR) is 109 cm³/mol. The Morgan fingerprint density at radius 1 is 1.19 bits per heavy atom. The lowest BCUT2D eigenvalue weighted by Gasteiger charge is -2.34. The van der Waals surface area contributed by atoms with E-state index in [0.29, 0.717) is 18.0 Å². The van der Waals surface area contributed by atoms with Crippen LogP contribution < -0.4 is 5.32 Å². The second-order valence-corrected chi connectivity index (χ2v) is 7.40. The Morgan fingerprint density at radius 3 is 2.52 bits per heavy atom. The highest BCUT2D eigenvalue weighted by molar-refractivity contribution is 7.71. The van der Waals surface area contributed by atoms with Crippen LogP contribution in [0.3, 0.4) is 0 Å². The Kier molecular flexibility index (Phi) is 6.76. The second kappa shape index (κ2) is 9.25. The summed E-state index contributed by atoms with van der Waals surface area (Å²) >= 11 is 5.42. The third-order valence-corrected chi connectivity index (χ3v) is 5.06. The number of hydrogen-bond acceptors (Lipinski definition) is 5. The van der Waals surface area contributed by atoms with Crippen LogP contribution in [0.15, 0.2) is 24.3 Å². The van der Waals surface area contributed by atoms with Gasteiger partial charge in [-0.1, -0.05) is 36.8 Å². The number of aromatic amines is 1. The largest absolute Gasteiger partial charge is 0.355 e. The van der Waals surface area contributed by atoms with Crippen LogP contribution in [-0.4, -0.2) is 69.7 Å². The number of nitrogens with zero attached hydrogens (tertiary/aromatic N) is 4. The molecule has 1 aromatic carbocycles. The van der Waals surface area contributed by atoms with Gasteiger partial charge in [0.1, 0.15) is 0 Å². The van der Waals surface area contributed by atoms with Gasteiger partial charge in [-0.15, -0.1) is 0 Å². The van der Waals surface area contributed by atoms with E-state index in [1.165, 1.54) is 5.56 Å². The summed E-state index contributed by atoms with van der Waals surface area (Å²) in [6.45, 7) is 9.62. The molecule has 0 atom stereocenters. The van der Waals surface area contributed by atoms with Crippen molar-refractivity contribution in [1.82, 2.24) is 29.9 Å². The van der Waals surface area contributed by atoms with Crippen molar-refractivity contribution >= 4 is 18.1 Å². The average Bonchev–Trinajstić information content (AvgIpc) is 3.02. The Bertz CT molecular complexity index is 804. The maximum Gasteiger partial charge on any atom is 0.234 e. The first-order chi connectivity index (χ1) is 13.0. The van der Waals surface area contributed by atoms with Crippen molar-refractivity contribution in [3.05, 3.63) is 34.6 Å². The smallest absolute Gasteiger partial charge is 0.234 e. The molecule has 1 aliphatic heterocycles. The van der Waals surface area contributed by atoms with E-state index in [2.05, 4.69) is 63.3 Å². The summed E-state index contributed by atoms with van der Waals surface area (Å²) in [6, 6.07) is 8.24. The van der Waals surface area contributed by atoms with Gasteiger partial charge >= 0.3 is 0 Å². The van der Waals surface area contributed by atoms with E-state index >= 15 is 0 Å². The number of hydrogen-bond donors (Lipinski definition) is 2. The average molecular weight is 389 g/mol. The van der Waals surface area contributed by atoms with Gasteiger partial charge in [-0.05, 0) is 25.6 Å². The third-order valence-electron chi connectivity index (χ3n) is 4.75. The van der Waals surface area contributed by atoms with Gasteiger partial charge in [0.2, 0.25) is 10.7 Å². The molecule has 1 amide bonds. The van der Waals surface area contributed by atoms with E-state index < -0.39 is 0 Å². The van der Waals surface area contributed by atoms with Crippen LogP contribution in [0.1, 0.15) is 18.9 Å². The van der Waals surface area contributed by atoms with Crippen LogP contribution in [0.4, 0.5) is 0 Å². The first kappa shape index (κ1) is 19.7. The lowest BCUT2D eigenvalue weighted by molar-refractivity contribution is -0.122. The number of aromatic nitrogens is 3. The Balaban J connectivity index is 1.53. The molecule has 0 bridgehead atoms. The molecule has 3 rings (SSSR count). The zero-order valence-corrected chi connectivity index (χ0v) is 16.9. The van der Waals surface area contributed by atoms with Gasteiger partial charge in [0.05, 0.1) is 13.2 Å². The van der Waals surface area contributed by atoms with Crippen molar-refractivity contribution in [2.24, 2.45) is 0 Å². The molecule has 0 radical (unpaired) electrons. The van der Waals surface area contributed by atoms with E-state index in [1.54, 1.807) is 0 Å². The minimum absolute atomic E-state index is 0.115. The second-order valence-electron chi connectivity index (χ2n) is 7.03. The first-order valence-electron chi connectivity index (χ1n) is 9.50. The lowest BCUT2D eigenvalue weighted by Crippen LogP contribution is -2.49. The molecule has 1 aromatic heterocycles. The van der Waals surface area contributed by atoms with Gasteiger partial charge in [-0.3, -0.25) is 19.7 Å². The highest BCUT2D eigenvalue weighted by Gasteiger charge is 2.19. The Labute approximate surface area is 165 Å². The van der Waals surface area contributed by atoms with Gasteiger partial charge in [0.15, 0.2) is 5.82 Å². The molecule has 0 aliphatic carbocycles. The fourth-order valence-electron chi connectivity index (χ4n) is 3.11. The zero-order chi connectivity index (χ0) is 19.2. The van der Waals surface area contributed by atoms with Gasteiger partial charge < -0.3 is 5.32 Å². The SMILES string of the molecule is CCCNC(=O)CN1CCN(Cn2[nH]c(-c3ccc(C)cc3)nc2=S)CC1. The van der Waals surface area contributed by atoms with Crippen LogP contribution in [0.5, 0.6) is 0 Å². The molecular formula is C19H28N6OS. The summed E-state index contributed by atoms with van der Waals surface area (Å²) in [4.78, 5) is 20.9. The molecule has 2 heterocycles. The van der Waals surface area contributed by atoms with Gasteiger partial charge in [0, 0.05) is 38.3 Å². The summed E-state index contributed by atoms with van der Waals surface area (Å²) in [5, 5.41) is 6.25. The molecule has 7 nitrogen and oxygen atoms in total. The number of rotatable bonds is 7. The molecule has 0 unspecified atom stereocenters. The molecular weight excluding hydrogens is 360 g/mol. The molecule has 1 saturated heterocycles. The standard InChI is InChI=1S/C19H28N6OS/c1-3-8-20-17(26)13-23-9-11-24(12-10-23)14-25-19(27)21-18(22-25)16-6-4-15(2)5-7-16/h4-7H,3,8-14H2,1-2H3,(H,20,26)(H,21,22,27). The monoisotopic (exact) mass is 388 g/mol. The third kappa shape index (κ3) is 5.47. The Morgan fingerprint density at radius 2 is 1.85 bits per heavy atom. The summed E-state index contributed by atoms with van der Waals surface area (Å²) in [5.41, 5.74) is 2.26. The van der Waals surface area contributed by atoms with E-state index in [1.807, 2.05) is 4.68 Å². The quantitative estimate of drug-likeness (QED) is 0.710. The number of carbonyl (C=O) groups excluding carboxylic acids is 1. The van der Waals surface area contributed by atoms with Gasteiger partial charge in [0.25, 0.3) is 0 Å². The number of piperazine rings is 1. The molecule has 1 aliphatic rings. The minimum atomic E-state index is 0.115. The predicted octanol–water partition coefficient (Wildman–Crippen LogP) is 2.02. The zero-order valence-electron chi connectivity index (χ0n) is 16.1.